The summed E-state index contributed by atoms with van der Waals surface area (Å²) in [6, 6.07) is 8.07. The molecule has 0 spiro atoms. The highest BCUT2D eigenvalue weighted by atomic mass is 16.3. The maximum atomic E-state index is 10.4. The quantitative estimate of drug-likeness (QED) is 0.774. The number of aliphatic hydroxyl groups is 1. The van der Waals surface area contributed by atoms with Crippen LogP contribution in [-0.4, -0.2) is 31.2 Å². The van der Waals surface area contributed by atoms with Crippen molar-refractivity contribution in [2.24, 2.45) is 0 Å². The molecule has 2 aromatic heterocycles. The first-order valence-corrected chi connectivity index (χ1v) is 7.62. The van der Waals surface area contributed by atoms with Crippen LogP contribution in [0.4, 0.5) is 5.82 Å². The fourth-order valence-electron chi connectivity index (χ4n) is 2.40. The molecule has 3 aromatic rings. The molecule has 2 N–H and O–H groups in total. The molecule has 0 aliphatic carbocycles. The van der Waals surface area contributed by atoms with E-state index in [1.54, 1.807) is 23.1 Å². The average Bonchev–Trinajstić information content (AvgIpc) is 3.01. The van der Waals surface area contributed by atoms with E-state index >= 15 is 0 Å². The number of hydrogen-bond donors (Lipinski definition) is 2. The van der Waals surface area contributed by atoms with Gasteiger partial charge in [0.15, 0.2) is 5.82 Å². The summed E-state index contributed by atoms with van der Waals surface area (Å²) in [5, 5.41) is 21.4. The van der Waals surface area contributed by atoms with E-state index in [2.05, 4.69) is 53.4 Å². The number of rotatable bonds is 4. The maximum absolute atomic E-state index is 10.4. The van der Waals surface area contributed by atoms with Crippen molar-refractivity contribution in [2.45, 2.75) is 32.3 Å². The van der Waals surface area contributed by atoms with E-state index in [0.29, 0.717) is 18.0 Å². The number of aromatic nitrogens is 4. The standard InChI is InChI=1S/C17H21N5O/c1-17(2,3)13-6-4-12(5-7-13)14(23)10-19-15-16-21-20-11-22(16)9-8-18-15/h4-9,11,14,23H,10H2,1-3H3,(H,18,19). The molecular formula is C17H21N5O. The van der Waals surface area contributed by atoms with Crippen molar-refractivity contribution in [1.82, 2.24) is 19.6 Å². The van der Waals surface area contributed by atoms with Gasteiger partial charge in [0.1, 0.15) is 6.33 Å². The lowest BCUT2D eigenvalue weighted by Crippen LogP contribution is -2.15. The van der Waals surface area contributed by atoms with Gasteiger partial charge in [-0.25, -0.2) is 4.98 Å². The molecule has 6 nitrogen and oxygen atoms in total. The smallest absolute Gasteiger partial charge is 0.203 e. The predicted octanol–water partition coefficient (Wildman–Crippen LogP) is 2.57. The number of benzene rings is 1. The molecule has 0 aliphatic heterocycles. The van der Waals surface area contributed by atoms with Crippen LogP contribution >= 0.6 is 0 Å². The van der Waals surface area contributed by atoms with Gasteiger partial charge in [-0.1, -0.05) is 45.0 Å². The van der Waals surface area contributed by atoms with Crippen molar-refractivity contribution < 1.29 is 5.11 Å². The molecule has 0 saturated heterocycles. The monoisotopic (exact) mass is 311 g/mol. The summed E-state index contributed by atoms with van der Waals surface area (Å²) >= 11 is 0. The first kappa shape index (κ1) is 15.4. The van der Waals surface area contributed by atoms with Crippen LogP contribution < -0.4 is 5.32 Å². The largest absolute Gasteiger partial charge is 0.387 e. The molecule has 0 saturated carbocycles. The van der Waals surface area contributed by atoms with Gasteiger partial charge in [-0.2, -0.15) is 0 Å². The van der Waals surface area contributed by atoms with Crippen LogP contribution in [0.3, 0.4) is 0 Å². The SMILES string of the molecule is CC(C)(C)c1ccc(C(O)CNc2nccn3cnnc23)cc1. The van der Waals surface area contributed by atoms with Crippen molar-refractivity contribution in [1.29, 1.82) is 0 Å². The molecule has 0 fully saturated rings. The number of hydrogen-bond acceptors (Lipinski definition) is 5. The summed E-state index contributed by atoms with van der Waals surface area (Å²) in [6.07, 6.45) is 4.45. The zero-order valence-electron chi connectivity index (χ0n) is 13.6. The topological polar surface area (TPSA) is 75.3 Å². The zero-order valence-corrected chi connectivity index (χ0v) is 13.6. The van der Waals surface area contributed by atoms with Crippen LogP contribution in [0.25, 0.3) is 5.65 Å². The van der Waals surface area contributed by atoms with Crippen LogP contribution in [0.5, 0.6) is 0 Å². The number of nitrogens with zero attached hydrogens (tertiary/aromatic N) is 4. The van der Waals surface area contributed by atoms with Crippen LogP contribution in [0.2, 0.25) is 0 Å². The maximum Gasteiger partial charge on any atom is 0.203 e. The Morgan fingerprint density at radius 2 is 1.96 bits per heavy atom. The van der Waals surface area contributed by atoms with Gasteiger partial charge in [0.2, 0.25) is 5.65 Å². The molecular weight excluding hydrogens is 290 g/mol. The van der Waals surface area contributed by atoms with Gasteiger partial charge in [0.05, 0.1) is 6.10 Å². The molecule has 0 radical (unpaired) electrons. The summed E-state index contributed by atoms with van der Waals surface area (Å²) in [7, 11) is 0. The lowest BCUT2D eigenvalue weighted by Gasteiger charge is -2.20. The van der Waals surface area contributed by atoms with Gasteiger partial charge in [0, 0.05) is 18.9 Å². The summed E-state index contributed by atoms with van der Waals surface area (Å²) in [5.41, 5.74) is 2.87. The summed E-state index contributed by atoms with van der Waals surface area (Å²) in [5.74, 6) is 0.607. The molecule has 1 unspecified atom stereocenters. The van der Waals surface area contributed by atoms with E-state index in [0.717, 1.165) is 5.56 Å². The Morgan fingerprint density at radius 1 is 1.22 bits per heavy atom. The molecule has 1 atom stereocenters. The zero-order chi connectivity index (χ0) is 16.4. The van der Waals surface area contributed by atoms with Crippen LogP contribution in [0.15, 0.2) is 43.0 Å². The van der Waals surface area contributed by atoms with Crippen LogP contribution in [-0.2, 0) is 5.41 Å². The van der Waals surface area contributed by atoms with Gasteiger partial charge >= 0.3 is 0 Å². The molecule has 6 heteroatoms. The van der Waals surface area contributed by atoms with E-state index < -0.39 is 6.10 Å². The Hall–Kier alpha value is -2.47. The first-order valence-electron chi connectivity index (χ1n) is 7.62. The Labute approximate surface area is 135 Å². The van der Waals surface area contributed by atoms with Crippen molar-refractivity contribution in [3.8, 4) is 0 Å². The second kappa shape index (κ2) is 5.96. The van der Waals surface area contributed by atoms with E-state index in [9.17, 15) is 5.11 Å². The predicted molar refractivity (Wildman–Crippen MR) is 89.4 cm³/mol. The number of fused-ring (bicyclic) bond motifs is 1. The van der Waals surface area contributed by atoms with Crippen molar-refractivity contribution in [2.75, 3.05) is 11.9 Å². The van der Waals surface area contributed by atoms with Crippen molar-refractivity contribution in [3.05, 3.63) is 54.1 Å². The molecule has 0 amide bonds. The van der Waals surface area contributed by atoms with E-state index in [1.807, 2.05) is 12.1 Å². The number of nitrogens with one attached hydrogen (secondary N) is 1. The average molecular weight is 311 g/mol. The molecule has 0 aliphatic rings. The van der Waals surface area contributed by atoms with Gasteiger partial charge in [-0.15, -0.1) is 10.2 Å². The molecule has 3 rings (SSSR count). The van der Waals surface area contributed by atoms with Crippen molar-refractivity contribution in [3.63, 3.8) is 0 Å². The lowest BCUT2D eigenvalue weighted by molar-refractivity contribution is 0.191. The Balaban J connectivity index is 1.70. The van der Waals surface area contributed by atoms with E-state index in [4.69, 9.17) is 0 Å². The minimum atomic E-state index is -0.617. The summed E-state index contributed by atoms with van der Waals surface area (Å²) in [4.78, 5) is 4.25. The fourth-order valence-corrected chi connectivity index (χ4v) is 2.40. The van der Waals surface area contributed by atoms with E-state index in [-0.39, 0.29) is 5.41 Å². The number of anilines is 1. The molecule has 1 aromatic carbocycles. The Morgan fingerprint density at radius 3 is 2.65 bits per heavy atom. The van der Waals surface area contributed by atoms with Gasteiger partial charge < -0.3 is 10.4 Å². The summed E-state index contributed by atoms with van der Waals surface area (Å²) in [6.45, 7) is 6.87. The van der Waals surface area contributed by atoms with Crippen LogP contribution in [0.1, 0.15) is 38.0 Å². The van der Waals surface area contributed by atoms with Gasteiger partial charge in [-0.05, 0) is 16.5 Å². The lowest BCUT2D eigenvalue weighted by atomic mass is 9.86. The van der Waals surface area contributed by atoms with Crippen molar-refractivity contribution >= 4 is 11.5 Å². The second-order valence-electron chi connectivity index (χ2n) is 6.61. The molecule has 120 valence electrons. The highest BCUT2D eigenvalue weighted by Crippen LogP contribution is 2.24. The Bertz CT molecular complexity index is 789. The second-order valence-corrected chi connectivity index (χ2v) is 6.61. The van der Waals surface area contributed by atoms with Crippen LogP contribution in [0, 0.1) is 0 Å². The molecule has 23 heavy (non-hydrogen) atoms. The third-order valence-corrected chi connectivity index (χ3v) is 3.84. The minimum Gasteiger partial charge on any atom is -0.387 e. The fraction of sp³-hybridized carbons (Fsp3) is 0.353. The minimum absolute atomic E-state index is 0.106. The highest BCUT2D eigenvalue weighted by Gasteiger charge is 2.15. The summed E-state index contributed by atoms with van der Waals surface area (Å²) < 4.78 is 1.78. The number of aliphatic hydroxyl groups excluding tert-OH is 1. The third-order valence-electron chi connectivity index (χ3n) is 3.84. The highest BCUT2D eigenvalue weighted by molar-refractivity contribution is 5.61. The first-order chi connectivity index (χ1) is 10.9. The van der Waals surface area contributed by atoms with Gasteiger partial charge in [0.25, 0.3) is 0 Å². The molecule has 0 bridgehead atoms. The molecule has 2 heterocycles. The normalized spacial score (nSPS) is 13.2. The van der Waals surface area contributed by atoms with Gasteiger partial charge in [-0.3, -0.25) is 4.40 Å². The third kappa shape index (κ3) is 3.32. The Kier molecular flexibility index (Phi) is 4.00. The van der Waals surface area contributed by atoms with E-state index in [1.165, 1.54) is 5.56 Å².